The first-order chi connectivity index (χ1) is 14.0. The van der Waals surface area contributed by atoms with Gasteiger partial charge in [-0.15, -0.1) is 0 Å². The molecule has 3 saturated heterocycles. The minimum atomic E-state index is 0.0462. The standard InChI is InChI=1S/C21H35N3O3.C2H6/c1-3-22-10-4-18(5-11-22)20(26)24-14-8-19(9-15-24)21(27)23-12-6-17(7-13-23)16(2)25;1-2/h17-19H,3-15H2,1-2H3;1-2H3. The highest BCUT2D eigenvalue weighted by Crippen LogP contribution is 2.26. The molecule has 6 heteroatoms. The molecule has 0 aromatic heterocycles. The predicted molar refractivity (Wildman–Crippen MR) is 115 cm³/mol. The predicted octanol–water partition coefficient (Wildman–Crippen LogP) is 2.81. The lowest BCUT2D eigenvalue weighted by atomic mass is 9.89. The second-order valence-corrected chi connectivity index (χ2v) is 8.52. The van der Waals surface area contributed by atoms with Gasteiger partial charge >= 0.3 is 0 Å². The smallest absolute Gasteiger partial charge is 0.225 e. The average molecular weight is 408 g/mol. The SMILES string of the molecule is CC.CCN1CCC(C(=O)N2CCC(C(=O)N3CCC(C(C)=O)CC3)CC2)CC1. The van der Waals surface area contributed by atoms with Gasteiger partial charge in [-0.3, -0.25) is 14.4 Å². The molecule has 3 aliphatic rings. The van der Waals surface area contributed by atoms with Crippen LogP contribution < -0.4 is 0 Å². The van der Waals surface area contributed by atoms with Crippen LogP contribution in [0.4, 0.5) is 0 Å². The minimum absolute atomic E-state index is 0.0462. The molecule has 3 rings (SSSR count). The third kappa shape index (κ3) is 6.27. The van der Waals surface area contributed by atoms with Crippen molar-refractivity contribution in [1.82, 2.24) is 14.7 Å². The van der Waals surface area contributed by atoms with Gasteiger partial charge in [-0.05, 0) is 65.1 Å². The van der Waals surface area contributed by atoms with E-state index in [2.05, 4.69) is 11.8 Å². The van der Waals surface area contributed by atoms with E-state index in [0.717, 1.165) is 58.2 Å². The Morgan fingerprint density at radius 1 is 0.655 bits per heavy atom. The van der Waals surface area contributed by atoms with E-state index in [1.54, 1.807) is 6.92 Å². The fourth-order valence-corrected chi connectivity index (χ4v) is 4.87. The van der Waals surface area contributed by atoms with Crippen LogP contribution in [0.2, 0.25) is 0 Å². The van der Waals surface area contributed by atoms with Gasteiger partial charge in [-0.25, -0.2) is 0 Å². The number of rotatable bonds is 4. The van der Waals surface area contributed by atoms with Gasteiger partial charge in [0.05, 0.1) is 0 Å². The normalized spacial score (nSPS) is 22.8. The molecule has 0 atom stereocenters. The third-order valence-electron chi connectivity index (χ3n) is 6.92. The van der Waals surface area contributed by atoms with Crippen LogP contribution in [0.1, 0.15) is 66.2 Å². The van der Waals surface area contributed by atoms with E-state index in [0.29, 0.717) is 32.1 Å². The second-order valence-electron chi connectivity index (χ2n) is 8.52. The van der Waals surface area contributed by atoms with Crippen molar-refractivity contribution < 1.29 is 14.4 Å². The second kappa shape index (κ2) is 11.7. The fourth-order valence-electron chi connectivity index (χ4n) is 4.87. The lowest BCUT2D eigenvalue weighted by Crippen LogP contribution is -2.49. The molecule has 0 saturated carbocycles. The average Bonchev–Trinajstić information content (AvgIpc) is 2.79. The summed E-state index contributed by atoms with van der Waals surface area (Å²) in [6.07, 6.45) is 5.10. The molecule has 0 aromatic carbocycles. The highest BCUT2D eigenvalue weighted by Gasteiger charge is 2.35. The summed E-state index contributed by atoms with van der Waals surface area (Å²) >= 11 is 0. The highest BCUT2D eigenvalue weighted by molar-refractivity contribution is 5.82. The Balaban J connectivity index is 0.00000145. The molecular formula is C23H41N3O3. The van der Waals surface area contributed by atoms with Gasteiger partial charge in [0, 0.05) is 43.9 Å². The van der Waals surface area contributed by atoms with E-state index in [4.69, 9.17) is 0 Å². The zero-order valence-corrected chi connectivity index (χ0v) is 19.0. The van der Waals surface area contributed by atoms with E-state index in [1.165, 1.54) is 0 Å². The number of Topliss-reactive ketones (excluding diaryl/α,β-unsaturated/α-hetero) is 1. The topological polar surface area (TPSA) is 60.9 Å². The Labute approximate surface area is 177 Å². The minimum Gasteiger partial charge on any atom is -0.342 e. The van der Waals surface area contributed by atoms with Crippen LogP contribution in [0.15, 0.2) is 0 Å². The maximum atomic E-state index is 12.8. The Morgan fingerprint density at radius 2 is 1.00 bits per heavy atom. The van der Waals surface area contributed by atoms with Gasteiger partial charge < -0.3 is 14.7 Å². The molecule has 166 valence electrons. The highest BCUT2D eigenvalue weighted by atomic mass is 16.2. The van der Waals surface area contributed by atoms with Crippen molar-refractivity contribution in [1.29, 1.82) is 0 Å². The maximum Gasteiger partial charge on any atom is 0.225 e. The first-order valence-corrected chi connectivity index (χ1v) is 11.8. The van der Waals surface area contributed by atoms with Crippen LogP contribution in [0, 0.1) is 17.8 Å². The number of ketones is 1. The van der Waals surface area contributed by atoms with Gasteiger partial charge in [-0.2, -0.15) is 0 Å². The van der Waals surface area contributed by atoms with Crippen molar-refractivity contribution >= 4 is 17.6 Å². The third-order valence-corrected chi connectivity index (χ3v) is 6.92. The maximum absolute atomic E-state index is 12.8. The summed E-state index contributed by atoms with van der Waals surface area (Å²) in [5.74, 6) is 1.14. The molecule has 29 heavy (non-hydrogen) atoms. The van der Waals surface area contributed by atoms with Crippen LogP contribution in [0.3, 0.4) is 0 Å². The summed E-state index contributed by atoms with van der Waals surface area (Å²) in [6, 6.07) is 0. The summed E-state index contributed by atoms with van der Waals surface area (Å²) < 4.78 is 0. The van der Waals surface area contributed by atoms with E-state index in [-0.39, 0.29) is 29.4 Å². The summed E-state index contributed by atoms with van der Waals surface area (Å²) in [7, 11) is 0. The van der Waals surface area contributed by atoms with Gasteiger partial charge in [0.15, 0.2) is 0 Å². The van der Waals surface area contributed by atoms with Crippen LogP contribution >= 0.6 is 0 Å². The van der Waals surface area contributed by atoms with Crippen molar-refractivity contribution in [2.45, 2.75) is 66.2 Å². The number of nitrogens with zero attached hydrogens (tertiary/aromatic N) is 3. The molecular weight excluding hydrogens is 366 g/mol. The Kier molecular flexibility index (Phi) is 9.60. The van der Waals surface area contributed by atoms with Gasteiger partial charge in [-0.1, -0.05) is 20.8 Å². The zero-order chi connectivity index (χ0) is 21.4. The molecule has 3 fully saturated rings. The van der Waals surface area contributed by atoms with Crippen LogP contribution in [-0.2, 0) is 14.4 Å². The van der Waals surface area contributed by atoms with Crippen molar-refractivity contribution in [2.75, 3.05) is 45.8 Å². The van der Waals surface area contributed by atoms with Crippen LogP contribution in [0.25, 0.3) is 0 Å². The first-order valence-electron chi connectivity index (χ1n) is 11.8. The summed E-state index contributed by atoms with van der Waals surface area (Å²) in [6.45, 7) is 13.8. The van der Waals surface area contributed by atoms with Gasteiger partial charge in [0.1, 0.15) is 5.78 Å². The Bertz CT molecular complexity index is 542. The molecule has 3 aliphatic heterocycles. The van der Waals surface area contributed by atoms with Crippen molar-refractivity contribution in [2.24, 2.45) is 17.8 Å². The van der Waals surface area contributed by atoms with E-state index in [1.807, 2.05) is 23.6 Å². The van der Waals surface area contributed by atoms with Gasteiger partial charge in [0.2, 0.25) is 11.8 Å². The summed E-state index contributed by atoms with van der Waals surface area (Å²) in [4.78, 5) is 43.5. The largest absolute Gasteiger partial charge is 0.342 e. The Hall–Kier alpha value is -1.43. The lowest BCUT2D eigenvalue weighted by Gasteiger charge is -2.39. The van der Waals surface area contributed by atoms with Crippen molar-refractivity contribution in [3.05, 3.63) is 0 Å². The lowest BCUT2D eigenvalue weighted by molar-refractivity contribution is -0.144. The van der Waals surface area contributed by atoms with E-state index < -0.39 is 0 Å². The number of piperidine rings is 3. The summed E-state index contributed by atoms with van der Waals surface area (Å²) in [5, 5.41) is 0. The molecule has 0 aromatic rings. The molecule has 0 radical (unpaired) electrons. The number of likely N-dealkylation sites (tertiary alicyclic amines) is 3. The fraction of sp³-hybridized carbons (Fsp3) is 0.870. The van der Waals surface area contributed by atoms with Crippen LogP contribution in [-0.4, -0.2) is 78.1 Å². The van der Waals surface area contributed by atoms with E-state index >= 15 is 0 Å². The Morgan fingerprint density at radius 3 is 1.34 bits per heavy atom. The summed E-state index contributed by atoms with van der Waals surface area (Å²) in [5.41, 5.74) is 0. The molecule has 0 N–H and O–H groups in total. The number of carbonyl (C=O) groups is 3. The molecule has 0 bridgehead atoms. The quantitative estimate of drug-likeness (QED) is 0.719. The first kappa shape index (κ1) is 23.8. The molecule has 6 nitrogen and oxygen atoms in total. The molecule has 0 unspecified atom stereocenters. The molecule has 2 amide bonds. The van der Waals surface area contributed by atoms with Gasteiger partial charge in [0.25, 0.3) is 0 Å². The van der Waals surface area contributed by atoms with Crippen molar-refractivity contribution in [3.63, 3.8) is 0 Å². The van der Waals surface area contributed by atoms with E-state index in [9.17, 15) is 14.4 Å². The molecule has 0 spiro atoms. The molecule has 0 aliphatic carbocycles. The van der Waals surface area contributed by atoms with Crippen LogP contribution in [0.5, 0.6) is 0 Å². The van der Waals surface area contributed by atoms with Crippen molar-refractivity contribution in [3.8, 4) is 0 Å². The molecule has 3 heterocycles. The zero-order valence-electron chi connectivity index (χ0n) is 19.0. The number of amides is 2. The monoisotopic (exact) mass is 407 g/mol. The number of hydrogen-bond donors (Lipinski definition) is 0. The number of carbonyl (C=O) groups excluding carboxylic acids is 3. The number of hydrogen-bond acceptors (Lipinski definition) is 4.